The molecule has 166 valence electrons. The van der Waals surface area contributed by atoms with Crippen molar-refractivity contribution in [2.75, 3.05) is 18.8 Å². The van der Waals surface area contributed by atoms with Crippen LogP contribution in [0.4, 0.5) is 5.69 Å². The van der Waals surface area contributed by atoms with Gasteiger partial charge in [0.05, 0.1) is 28.5 Å². The van der Waals surface area contributed by atoms with Gasteiger partial charge < -0.3 is 16.0 Å². The third-order valence-corrected chi connectivity index (χ3v) is 6.39. The topological polar surface area (TPSA) is 54.2 Å². The standard InChI is InChI=1S/C27H31BrN4/c1-3-9-25(32-16-6-5-7-17-32)23(4-2)30-26(19-12-13-19)27-22(29)14-15-24(31-27)20-10-8-11-21(28)18-20/h3-4,8-11,14-15,18,30H,2,5-7,12-13,16-17,29H2,1H3/b9-3-,25-23-. The van der Waals surface area contributed by atoms with Crippen LogP contribution in [0.2, 0.25) is 0 Å². The number of piperidine rings is 1. The number of hydrogen-bond acceptors (Lipinski definition) is 4. The Hall–Kier alpha value is -2.79. The summed E-state index contributed by atoms with van der Waals surface area (Å²) in [4.78, 5) is 7.45. The van der Waals surface area contributed by atoms with Crippen molar-refractivity contribution < 1.29 is 0 Å². The number of nitrogens with one attached hydrogen (secondary N) is 1. The fourth-order valence-electron chi connectivity index (χ4n) is 4.12. The lowest BCUT2D eigenvalue weighted by atomic mass is 10.1. The highest BCUT2D eigenvalue weighted by Crippen LogP contribution is 2.38. The predicted octanol–water partition coefficient (Wildman–Crippen LogP) is 6.65. The maximum absolute atomic E-state index is 6.45. The van der Waals surface area contributed by atoms with Crippen molar-refractivity contribution in [1.29, 1.82) is 0 Å². The molecule has 1 aliphatic heterocycles. The summed E-state index contributed by atoms with van der Waals surface area (Å²) < 4.78 is 1.03. The van der Waals surface area contributed by atoms with Gasteiger partial charge in [0.2, 0.25) is 0 Å². The Labute approximate surface area is 199 Å². The number of rotatable bonds is 7. The molecule has 2 aromatic rings. The molecule has 0 amide bonds. The van der Waals surface area contributed by atoms with Gasteiger partial charge in [0.15, 0.2) is 0 Å². The fourth-order valence-corrected chi connectivity index (χ4v) is 4.52. The van der Waals surface area contributed by atoms with Crippen LogP contribution in [0, 0.1) is 0 Å². The minimum Gasteiger partial charge on any atom is -0.397 e. The second-order valence-corrected chi connectivity index (χ2v) is 9.21. The van der Waals surface area contributed by atoms with Gasteiger partial charge in [-0.3, -0.25) is 0 Å². The summed E-state index contributed by atoms with van der Waals surface area (Å²) in [7, 11) is 0. The first-order valence-electron chi connectivity index (χ1n) is 11.4. The van der Waals surface area contributed by atoms with Crippen molar-refractivity contribution in [3.8, 4) is 11.3 Å². The minimum atomic E-state index is 0.680. The zero-order valence-electron chi connectivity index (χ0n) is 18.7. The Balaban J connectivity index is 1.74. The van der Waals surface area contributed by atoms with E-state index >= 15 is 0 Å². The molecule has 1 aliphatic carbocycles. The predicted molar refractivity (Wildman–Crippen MR) is 139 cm³/mol. The summed E-state index contributed by atoms with van der Waals surface area (Å²) in [5, 5.41) is 3.69. The molecule has 1 aromatic carbocycles. The average molecular weight is 491 g/mol. The minimum absolute atomic E-state index is 0.680. The van der Waals surface area contributed by atoms with E-state index in [-0.39, 0.29) is 0 Å². The van der Waals surface area contributed by atoms with Crippen molar-refractivity contribution >= 4 is 27.3 Å². The Morgan fingerprint density at radius 3 is 2.59 bits per heavy atom. The van der Waals surface area contributed by atoms with Gasteiger partial charge in [0, 0.05) is 23.1 Å². The molecule has 4 rings (SSSR count). The molecule has 0 spiro atoms. The van der Waals surface area contributed by atoms with Crippen LogP contribution in [-0.2, 0) is 0 Å². The SMILES string of the molecule is C=C/C(NC(=C1CC1)c1nc(-c2cccc(Br)c2)ccc1N)=C(\C=C/C)N1CCCCC1. The second-order valence-electron chi connectivity index (χ2n) is 8.30. The normalized spacial score (nSPS) is 16.7. The second kappa shape index (κ2) is 10.2. The number of aromatic nitrogens is 1. The van der Waals surface area contributed by atoms with Gasteiger partial charge in [-0.25, -0.2) is 4.98 Å². The zero-order chi connectivity index (χ0) is 22.5. The molecule has 2 fully saturated rings. The van der Waals surface area contributed by atoms with Gasteiger partial charge in [0.25, 0.3) is 0 Å². The molecular formula is C27H31BrN4. The Morgan fingerprint density at radius 2 is 1.94 bits per heavy atom. The summed E-state index contributed by atoms with van der Waals surface area (Å²) in [5.41, 5.74) is 14.5. The first-order valence-corrected chi connectivity index (χ1v) is 12.2. The van der Waals surface area contributed by atoms with Crippen LogP contribution in [0.1, 0.15) is 44.7 Å². The van der Waals surface area contributed by atoms with Gasteiger partial charge in [0.1, 0.15) is 5.69 Å². The molecule has 2 heterocycles. The van der Waals surface area contributed by atoms with Gasteiger partial charge in [-0.15, -0.1) is 0 Å². The maximum atomic E-state index is 6.45. The number of benzene rings is 1. The van der Waals surface area contributed by atoms with E-state index in [2.05, 4.69) is 63.9 Å². The lowest BCUT2D eigenvalue weighted by Crippen LogP contribution is -2.31. The van der Waals surface area contributed by atoms with E-state index in [4.69, 9.17) is 10.7 Å². The van der Waals surface area contributed by atoms with Crippen molar-refractivity contribution in [2.45, 2.75) is 39.0 Å². The van der Waals surface area contributed by atoms with Crippen molar-refractivity contribution in [3.63, 3.8) is 0 Å². The summed E-state index contributed by atoms with van der Waals surface area (Å²) in [6.45, 7) is 8.33. The average Bonchev–Trinajstić information content (AvgIpc) is 3.65. The molecule has 2 aliphatic rings. The van der Waals surface area contributed by atoms with Crippen LogP contribution < -0.4 is 11.1 Å². The highest BCUT2D eigenvalue weighted by atomic mass is 79.9. The van der Waals surface area contributed by atoms with Gasteiger partial charge in [-0.1, -0.05) is 40.7 Å². The molecule has 4 nitrogen and oxygen atoms in total. The summed E-state index contributed by atoms with van der Waals surface area (Å²) in [5.74, 6) is 0. The number of allylic oxidation sites excluding steroid dienone is 4. The first kappa shape index (κ1) is 22.4. The van der Waals surface area contributed by atoms with E-state index in [0.717, 1.165) is 58.7 Å². The number of likely N-dealkylation sites (tertiary alicyclic amines) is 1. The van der Waals surface area contributed by atoms with Crippen molar-refractivity contribution in [2.24, 2.45) is 0 Å². The molecule has 0 atom stereocenters. The van der Waals surface area contributed by atoms with E-state index in [1.54, 1.807) is 0 Å². The smallest absolute Gasteiger partial charge is 0.110 e. The molecule has 1 saturated heterocycles. The molecule has 5 heteroatoms. The quantitative estimate of drug-likeness (QED) is 0.426. The fraction of sp³-hybridized carbons (Fsp3) is 0.296. The molecule has 0 radical (unpaired) electrons. The van der Waals surface area contributed by atoms with E-state index in [0.29, 0.717) is 5.69 Å². The summed E-state index contributed by atoms with van der Waals surface area (Å²) in [6, 6.07) is 12.1. The van der Waals surface area contributed by atoms with Crippen LogP contribution in [0.3, 0.4) is 0 Å². The van der Waals surface area contributed by atoms with Gasteiger partial charge >= 0.3 is 0 Å². The zero-order valence-corrected chi connectivity index (χ0v) is 20.3. The molecule has 1 aromatic heterocycles. The molecule has 32 heavy (non-hydrogen) atoms. The number of pyridine rings is 1. The molecular weight excluding hydrogens is 460 g/mol. The maximum Gasteiger partial charge on any atom is 0.110 e. The highest BCUT2D eigenvalue weighted by molar-refractivity contribution is 9.10. The number of anilines is 1. The summed E-state index contributed by atoms with van der Waals surface area (Å²) in [6.07, 6.45) is 12.1. The Morgan fingerprint density at radius 1 is 1.16 bits per heavy atom. The number of nitrogens with two attached hydrogens (primary N) is 1. The molecule has 3 N–H and O–H groups in total. The van der Waals surface area contributed by atoms with Crippen LogP contribution >= 0.6 is 15.9 Å². The first-order chi connectivity index (χ1) is 15.6. The molecule has 0 unspecified atom stereocenters. The third-order valence-electron chi connectivity index (χ3n) is 5.90. The Kier molecular flexibility index (Phi) is 7.15. The lowest BCUT2D eigenvalue weighted by Gasteiger charge is -2.31. The van der Waals surface area contributed by atoms with Crippen LogP contribution in [0.25, 0.3) is 17.0 Å². The lowest BCUT2D eigenvalue weighted by molar-refractivity contribution is 0.290. The van der Waals surface area contributed by atoms with Gasteiger partial charge in [-0.05, 0) is 81.0 Å². The number of nitrogen functional groups attached to an aromatic ring is 1. The van der Waals surface area contributed by atoms with Crippen LogP contribution in [0.15, 0.2) is 82.6 Å². The number of nitrogens with zero attached hydrogens (tertiary/aromatic N) is 2. The molecule has 1 saturated carbocycles. The Bertz CT molecular complexity index is 1080. The molecule has 0 bridgehead atoms. The van der Waals surface area contributed by atoms with Gasteiger partial charge in [-0.2, -0.15) is 0 Å². The summed E-state index contributed by atoms with van der Waals surface area (Å²) >= 11 is 3.56. The number of hydrogen-bond donors (Lipinski definition) is 2. The van der Waals surface area contributed by atoms with E-state index in [9.17, 15) is 0 Å². The monoisotopic (exact) mass is 490 g/mol. The van der Waals surface area contributed by atoms with Crippen LogP contribution in [0.5, 0.6) is 0 Å². The van der Waals surface area contributed by atoms with E-state index < -0.39 is 0 Å². The van der Waals surface area contributed by atoms with Crippen molar-refractivity contribution in [3.05, 3.63) is 88.3 Å². The number of halogens is 1. The van der Waals surface area contributed by atoms with Crippen LogP contribution in [-0.4, -0.2) is 23.0 Å². The highest BCUT2D eigenvalue weighted by Gasteiger charge is 2.24. The van der Waals surface area contributed by atoms with E-state index in [1.165, 1.54) is 30.5 Å². The van der Waals surface area contributed by atoms with Crippen molar-refractivity contribution in [1.82, 2.24) is 15.2 Å². The van der Waals surface area contributed by atoms with E-state index in [1.807, 2.05) is 30.3 Å². The largest absolute Gasteiger partial charge is 0.397 e. The third kappa shape index (κ3) is 5.16.